The van der Waals surface area contributed by atoms with E-state index >= 15 is 0 Å². The Kier molecular flexibility index (Phi) is 6.29. The smallest absolute Gasteiger partial charge is 0.236 e. The summed E-state index contributed by atoms with van der Waals surface area (Å²) in [6.07, 6.45) is 0. The van der Waals surface area contributed by atoms with Crippen molar-refractivity contribution in [2.45, 2.75) is 5.75 Å². The van der Waals surface area contributed by atoms with Crippen molar-refractivity contribution in [1.82, 2.24) is 19.8 Å². The Morgan fingerprint density at radius 2 is 1.51 bits per heavy atom. The van der Waals surface area contributed by atoms with Crippen LogP contribution in [0, 0.1) is 0 Å². The van der Waals surface area contributed by atoms with Crippen molar-refractivity contribution in [3.8, 4) is 17.1 Å². The Morgan fingerprint density at radius 3 is 2.28 bits per heavy atom. The van der Waals surface area contributed by atoms with Gasteiger partial charge in [-0.15, -0.1) is 15.3 Å². The number of aromatic nitrogens is 4. The van der Waals surface area contributed by atoms with Gasteiger partial charge in [-0.2, -0.15) is 4.52 Å². The molecule has 2 aromatic heterocycles. The van der Waals surface area contributed by atoms with Crippen LogP contribution in [0.2, 0.25) is 0 Å². The Hall–Kier alpha value is -4.96. The minimum absolute atomic E-state index is 0.115. The molecule has 0 unspecified atom stereocenters. The number of ether oxygens (including phenoxy) is 1. The molecule has 4 aromatic carbocycles. The van der Waals surface area contributed by atoms with Crippen LogP contribution in [0.25, 0.3) is 27.8 Å². The first-order valence-corrected chi connectivity index (χ1v) is 13.8. The summed E-state index contributed by atoms with van der Waals surface area (Å²) in [5.74, 6) is 1.80. The average molecular weight is 537 g/mol. The molecule has 9 nitrogen and oxygen atoms in total. The summed E-state index contributed by atoms with van der Waals surface area (Å²) in [7, 11) is -1.98. The number of hydrogen-bond acceptors (Lipinski definition) is 7. The number of rotatable bonds is 8. The van der Waals surface area contributed by atoms with E-state index in [4.69, 9.17) is 9.84 Å². The SMILES string of the molecule is COc1ccc(-c2nnc3c4ccccc4c(Nc4cccc(NS(=O)(=O)Cc5ccccc5)c4)nn23)cc1. The molecule has 0 aliphatic rings. The third-order valence-corrected chi connectivity index (χ3v) is 7.47. The molecule has 0 saturated heterocycles. The van der Waals surface area contributed by atoms with Crippen molar-refractivity contribution in [3.63, 3.8) is 0 Å². The van der Waals surface area contributed by atoms with Crippen LogP contribution in [0.4, 0.5) is 17.2 Å². The molecule has 0 amide bonds. The second-order valence-electron chi connectivity index (χ2n) is 8.93. The summed E-state index contributed by atoms with van der Waals surface area (Å²) in [5.41, 5.74) is 3.30. The van der Waals surface area contributed by atoms with E-state index in [-0.39, 0.29) is 5.75 Å². The van der Waals surface area contributed by atoms with Crippen LogP contribution < -0.4 is 14.8 Å². The van der Waals surface area contributed by atoms with Gasteiger partial charge in [0.05, 0.1) is 18.6 Å². The third-order valence-electron chi connectivity index (χ3n) is 6.21. The molecule has 0 fully saturated rings. The number of hydrogen-bond donors (Lipinski definition) is 2. The van der Waals surface area contributed by atoms with Crippen LogP contribution in [0.1, 0.15) is 5.56 Å². The number of nitrogens with zero attached hydrogens (tertiary/aromatic N) is 4. The molecule has 39 heavy (non-hydrogen) atoms. The Labute approximate surface area is 225 Å². The molecule has 6 aromatic rings. The zero-order valence-corrected chi connectivity index (χ0v) is 21.8. The minimum atomic E-state index is -3.60. The first-order valence-electron chi connectivity index (χ1n) is 12.2. The van der Waals surface area contributed by atoms with E-state index in [1.807, 2.05) is 72.8 Å². The highest BCUT2D eigenvalue weighted by Gasteiger charge is 2.16. The van der Waals surface area contributed by atoms with Crippen LogP contribution in [-0.4, -0.2) is 35.3 Å². The summed E-state index contributed by atoms with van der Waals surface area (Å²) in [4.78, 5) is 0. The zero-order valence-electron chi connectivity index (χ0n) is 20.9. The maximum absolute atomic E-state index is 12.8. The number of sulfonamides is 1. The van der Waals surface area contributed by atoms with Crippen LogP contribution in [-0.2, 0) is 15.8 Å². The highest BCUT2D eigenvalue weighted by atomic mass is 32.2. The molecule has 10 heteroatoms. The van der Waals surface area contributed by atoms with Crippen molar-refractivity contribution >= 4 is 43.6 Å². The first-order chi connectivity index (χ1) is 19.0. The van der Waals surface area contributed by atoms with Gasteiger partial charge in [0.25, 0.3) is 0 Å². The van der Waals surface area contributed by atoms with Gasteiger partial charge in [-0.25, -0.2) is 8.42 Å². The van der Waals surface area contributed by atoms with Crippen molar-refractivity contribution in [3.05, 3.63) is 109 Å². The third kappa shape index (κ3) is 5.10. The van der Waals surface area contributed by atoms with Gasteiger partial charge in [0, 0.05) is 22.0 Å². The van der Waals surface area contributed by atoms with E-state index in [0.717, 1.165) is 22.1 Å². The summed E-state index contributed by atoms with van der Waals surface area (Å²) < 4.78 is 35.2. The topological polar surface area (TPSA) is 111 Å². The van der Waals surface area contributed by atoms with E-state index in [9.17, 15) is 8.42 Å². The lowest BCUT2D eigenvalue weighted by atomic mass is 10.1. The Morgan fingerprint density at radius 1 is 0.795 bits per heavy atom. The second-order valence-corrected chi connectivity index (χ2v) is 10.7. The molecule has 0 radical (unpaired) electrons. The minimum Gasteiger partial charge on any atom is -0.497 e. The van der Waals surface area contributed by atoms with E-state index in [0.29, 0.717) is 34.2 Å². The molecule has 0 spiro atoms. The number of fused-ring (bicyclic) bond motifs is 3. The Bertz CT molecular complexity index is 1890. The van der Waals surface area contributed by atoms with E-state index < -0.39 is 10.0 Å². The summed E-state index contributed by atoms with van der Waals surface area (Å²) in [6, 6.07) is 31.5. The zero-order chi connectivity index (χ0) is 26.8. The molecule has 2 N–H and O–H groups in total. The molecule has 0 aliphatic heterocycles. The van der Waals surface area contributed by atoms with Crippen LogP contribution in [0.3, 0.4) is 0 Å². The van der Waals surface area contributed by atoms with Gasteiger partial charge in [0.1, 0.15) is 5.75 Å². The van der Waals surface area contributed by atoms with Gasteiger partial charge in [-0.3, -0.25) is 4.72 Å². The maximum Gasteiger partial charge on any atom is 0.236 e. The number of benzene rings is 4. The summed E-state index contributed by atoms with van der Waals surface area (Å²) in [6.45, 7) is 0. The van der Waals surface area contributed by atoms with Crippen LogP contribution >= 0.6 is 0 Å². The number of nitrogens with one attached hydrogen (secondary N) is 2. The first kappa shape index (κ1) is 24.4. The predicted molar refractivity (Wildman–Crippen MR) is 153 cm³/mol. The second kappa shape index (κ2) is 10.1. The van der Waals surface area contributed by atoms with Gasteiger partial charge < -0.3 is 10.1 Å². The summed E-state index contributed by atoms with van der Waals surface area (Å²) in [5, 5.41) is 18.8. The van der Waals surface area contributed by atoms with Crippen molar-refractivity contribution in [1.29, 1.82) is 0 Å². The maximum atomic E-state index is 12.8. The number of anilines is 3. The lowest BCUT2D eigenvalue weighted by molar-refractivity contribution is 0.415. The molecular formula is C29H24N6O3S. The molecule has 0 bridgehead atoms. The van der Waals surface area contributed by atoms with Gasteiger partial charge in [0.2, 0.25) is 10.0 Å². The highest BCUT2D eigenvalue weighted by Crippen LogP contribution is 2.30. The van der Waals surface area contributed by atoms with Gasteiger partial charge in [-0.1, -0.05) is 60.7 Å². The lowest BCUT2D eigenvalue weighted by Gasteiger charge is -2.13. The van der Waals surface area contributed by atoms with Crippen LogP contribution in [0.5, 0.6) is 5.75 Å². The molecule has 6 rings (SSSR count). The standard InChI is InChI=1S/C29H24N6O3S/c1-38-24-16-14-21(15-17-24)28-31-32-29-26-13-6-5-12-25(26)27(33-35(28)29)30-22-10-7-11-23(18-22)34-39(36,37)19-20-8-3-2-4-9-20/h2-18,34H,19H2,1H3,(H,30,33). The molecule has 2 heterocycles. The lowest BCUT2D eigenvalue weighted by Crippen LogP contribution is -2.15. The normalized spacial score (nSPS) is 11.5. The molecule has 194 valence electrons. The Balaban J connectivity index is 1.35. The molecule has 0 aliphatic carbocycles. The van der Waals surface area contributed by atoms with Gasteiger partial charge >= 0.3 is 0 Å². The van der Waals surface area contributed by atoms with E-state index in [2.05, 4.69) is 20.2 Å². The van der Waals surface area contributed by atoms with Gasteiger partial charge in [0.15, 0.2) is 17.3 Å². The summed E-state index contributed by atoms with van der Waals surface area (Å²) >= 11 is 0. The fourth-order valence-corrected chi connectivity index (χ4v) is 5.59. The fourth-order valence-electron chi connectivity index (χ4n) is 4.40. The largest absolute Gasteiger partial charge is 0.497 e. The quantitative estimate of drug-likeness (QED) is 0.259. The highest BCUT2D eigenvalue weighted by molar-refractivity contribution is 7.91. The molecule has 0 saturated carbocycles. The van der Waals surface area contributed by atoms with Crippen molar-refractivity contribution in [2.24, 2.45) is 0 Å². The van der Waals surface area contributed by atoms with E-state index in [1.165, 1.54) is 0 Å². The van der Waals surface area contributed by atoms with Crippen LogP contribution in [0.15, 0.2) is 103 Å². The molecule has 0 atom stereocenters. The van der Waals surface area contributed by atoms with Crippen molar-refractivity contribution in [2.75, 3.05) is 17.1 Å². The monoisotopic (exact) mass is 536 g/mol. The van der Waals surface area contributed by atoms with Crippen molar-refractivity contribution < 1.29 is 13.2 Å². The number of methoxy groups -OCH3 is 1. The van der Waals surface area contributed by atoms with Gasteiger partial charge in [-0.05, 0) is 48.0 Å². The van der Waals surface area contributed by atoms with E-state index in [1.54, 1.807) is 42.0 Å². The average Bonchev–Trinajstić information content (AvgIpc) is 3.37. The fraction of sp³-hybridized carbons (Fsp3) is 0.0690. The molecular weight excluding hydrogens is 512 g/mol. The predicted octanol–water partition coefficient (Wildman–Crippen LogP) is 5.64.